The molecule has 3 aliphatic rings. The number of aryl methyl sites for hydroxylation is 2. The Balaban J connectivity index is 1.51. The first-order valence-corrected chi connectivity index (χ1v) is 11.7. The molecule has 8 heteroatoms. The van der Waals surface area contributed by atoms with Crippen LogP contribution in [0.5, 0.6) is 5.75 Å². The molecule has 0 saturated heterocycles. The molecule has 2 fully saturated rings. The number of rotatable bonds is 4. The Morgan fingerprint density at radius 3 is 2.37 bits per heavy atom. The Labute approximate surface area is 201 Å². The maximum absolute atomic E-state index is 13.6. The van der Waals surface area contributed by atoms with Crippen LogP contribution in [0.4, 0.5) is 0 Å². The molecule has 0 bridgehead atoms. The molecule has 2 saturated carbocycles. The first kappa shape index (κ1) is 23.1. The number of primary amides is 1. The van der Waals surface area contributed by atoms with Gasteiger partial charge in [-0.25, -0.2) is 0 Å². The number of hydrogen-bond donors (Lipinski definition) is 3. The lowest BCUT2D eigenvalue weighted by atomic mass is 9.53. The summed E-state index contributed by atoms with van der Waals surface area (Å²) in [5.74, 6) is -9.88. The average Bonchev–Trinajstić information content (AvgIpc) is 2.81. The zero-order valence-corrected chi connectivity index (χ0v) is 18.9. The zero-order valence-electron chi connectivity index (χ0n) is 18.9. The summed E-state index contributed by atoms with van der Waals surface area (Å²) in [6, 6.07) is 13.0. The second-order valence-corrected chi connectivity index (χ2v) is 9.82. The van der Waals surface area contributed by atoms with Gasteiger partial charge in [0.05, 0.1) is 11.5 Å². The van der Waals surface area contributed by atoms with Gasteiger partial charge in [0.15, 0.2) is 34.7 Å². The van der Waals surface area contributed by atoms with Gasteiger partial charge in [0, 0.05) is 12.3 Å². The molecule has 0 heterocycles. The van der Waals surface area contributed by atoms with Gasteiger partial charge < -0.3 is 15.9 Å². The molecule has 2 unspecified atom stereocenters. The number of carbonyl (C=O) groups excluding carboxylic acids is 5. The van der Waals surface area contributed by atoms with Gasteiger partial charge in [0.2, 0.25) is 5.91 Å². The Morgan fingerprint density at radius 2 is 1.69 bits per heavy atom. The number of carbonyl (C=O) groups is 5. The van der Waals surface area contributed by atoms with Crippen LogP contribution in [0, 0.1) is 23.7 Å². The number of aliphatic hydroxyl groups is 1. The molecular formula is C27H25NO7. The first-order valence-electron chi connectivity index (χ1n) is 11.7. The lowest BCUT2D eigenvalue weighted by Gasteiger charge is -2.48. The van der Waals surface area contributed by atoms with Gasteiger partial charge in [-0.05, 0) is 54.4 Å². The average molecular weight is 475 g/mol. The Morgan fingerprint density at radius 1 is 0.971 bits per heavy atom. The van der Waals surface area contributed by atoms with E-state index >= 15 is 0 Å². The van der Waals surface area contributed by atoms with E-state index in [1.165, 1.54) is 6.07 Å². The molecule has 8 nitrogen and oxygen atoms in total. The van der Waals surface area contributed by atoms with Crippen molar-refractivity contribution in [2.45, 2.75) is 37.7 Å². The number of amides is 1. The minimum atomic E-state index is -2.62. The Hall–Kier alpha value is -3.65. The Bertz CT molecular complexity index is 1280. The molecule has 0 spiro atoms. The van der Waals surface area contributed by atoms with Gasteiger partial charge in [-0.3, -0.25) is 24.0 Å². The number of Topliss-reactive ketones (excluding diaryl/α,β-unsaturated/α-hetero) is 4. The molecular weight excluding hydrogens is 450 g/mol. The van der Waals surface area contributed by atoms with E-state index < -0.39 is 58.3 Å². The second kappa shape index (κ2) is 8.23. The molecule has 5 atom stereocenters. The van der Waals surface area contributed by atoms with Crippen LogP contribution in [0.2, 0.25) is 0 Å². The molecule has 35 heavy (non-hydrogen) atoms. The predicted octanol–water partition coefficient (Wildman–Crippen LogP) is 1.11. The van der Waals surface area contributed by atoms with E-state index in [-0.39, 0.29) is 24.2 Å². The van der Waals surface area contributed by atoms with Crippen molar-refractivity contribution in [2.75, 3.05) is 0 Å². The molecule has 0 radical (unpaired) electrons. The van der Waals surface area contributed by atoms with Gasteiger partial charge in [0.25, 0.3) is 0 Å². The van der Waals surface area contributed by atoms with E-state index in [0.29, 0.717) is 18.4 Å². The van der Waals surface area contributed by atoms with Gasteiger partial charge in [-0.15, -0.1) is 0 Å². The molecule has 3 aliphatic carbocycles. The number of benzene rings is 2. The summed E-state index contributed by atoms with van der Waals surface area (Å²) in [4.78, 5) is 64.2. The van der Waals surface area contributed by atoms with Gasteiger partial charge in [0.1, 0.15) is 5.75 Å². The monoisotopic (exact) mass is 475 g/mol. The molecule has 0 aromatic heterocycles. The van der Waals surface area contributed by atoms with Crippen molar-refractivity contribution in [3.05, 3.63) is 64.7 Å². The quantitative estimate of drug-likeness (QED) is 0.560. The van der Waals surface area contributed by atoms with E-state index in [1.54, 1.807) is 6.07 Å². The van der Waals surface area contributed by atoms with Gasteiger partial charge >= 0.3 is 0 Å². The molecule has 5 rings (SSSR count). The molecule has 4 N–H and O–H groups in total. The van der Waals surface area contributed by atoms with Crippen molar-refractivity contribution in [2.24, 2.45) is 29.4 Å². The molecule has 0 aliphatic heterocycles. The van der Waals surface area contributed by atoms with E-state index in [9.17, 15) is 34.2 Å². The number of ketones is 4. The van der Waals surface area contributed by atoms with Crippen LogP contribution in [0.25, 0.3) is 0 Å². The normalized spacial score (nSPS) is 29.9. The fraction of sp³-hybridized carbons (Fsp3) is 0.370. The summed E-state index contributed by atoms with van der Waals surface area (Å²) >= 11 is 0. The van der Waals surface area contributed by atoms with E-state index in [1.807, 2.05) is 30.3 Å². The highest BCUT2D eigenvalue weighted by atomic mass is 16.3. The Kier molecular flexibility index (Phi) is 5.44. The number of hydrogen-bond acceptors (Lipinski definition) is 7. The van der Waals surface area contributed by atoms with Gasteiger partial charge in [-0.1, -0.05) is 36.4 Å². The summed E-state index contributed by atoms with van der Waals surface area (Å²) < 4.78 is 0. The fourth-order valence-electron chi connectivity index (χ4n) is 6.19. The lowest BCUT2D eigenvalue weighted by Crippen LogP contribution is -2.68. The smallest absolute Gasteiger partial charge is 0.235 e. The van der Waals surface area contributed by atoms with E-state index in [0.717, 1.165) is 17.5 Å². The molecule has 1 amide bonds. The minimum absolute atomic E-state index is 0.0398. The van der Waals surface area contributed by atoms with Gasteiger partial charge in [-0.2, -0.15) is 0 Å². The third kappa shape index (κ3) is 3.43. The number of nitrogens with two attached hydrogens (primary N) is 1. The number of aromatic hydroxyl groups is 1. The standard InChI is InChI=1S/C27H25NO7/c28-26(34)22-19(30)12-16-10-15-11-17-14(7-6-13-4-2-1-3-5-13)8-9-18(29)21(17)23(31)20(15)24(32)27(16,35)25(22)33/h1-5,8-9,15-16,20,22,29,35H,6-7,10-12H2,(H2,28,34)/t15-,16+,20?,22?,27+/m1/s1. The number of fused-ring (bicyclic) bond motifs is 3. The summed E-state index contributed by atoms with van der Waals surface area (Å²) in [5.41, 5.74) is 5.28. The summed E-state index contributed by atoms with van der Waals surface area (Å²) in [7, 11) is 0. The van der Waals surface area contributed by atoms with Crippen molar-refractivity contribution in [3.8, 4) is 5.75 Å². The SMILES string of the molecule is NC(=O)C1C(=O)C[C@@H]2C[C@@H]3Cc4c(CCc5ccccc5)ccc(O)c4C(=O)C3C(=O)[C@]2(O)C1=O. The third-order valence-corrected chi connectivity index (χ3v) is 7.91. The van der Waals surface area contributed by atoms with Crippen LogP contribution in [0.15, 0.2) is 42.5 Å². The highest BCUT2D eigenvalue weighted by molar-refractivity contribution is 6.31. The van der Waals surface area contributed by atoms with Crippen LogP contribution >= 0.6 is 0 Å². The maximum Gasteiger partial charge on any atom is 0.235 e. The van der Waals surface area contributed by atoms with Crippen molar-refractivity contribution in [3.63, 3.8) is 0 Å². The summed E-state index contributed by atoms with van der Waals surface area (Å²) in [6.07, 6.45) is 1.39. The highest BCUT2D eigenvalue weighted by Crippen LogP contribution is 2.50. The molecule has 2 aromatic rings. The third-order valence-electron chi connectivity index (χ3n) is 7.91. The van der Waals surface area contributed by atoms with Crippen LogP contribution in [-0.2, 0) is 38.4 Å². The molecule has 180 valence electrons. The highest BCUT2D eigenvalue weighted by Gasteiger charge is 2.66. The van der Waals surface area contributed by atoms with Crippen LogP contribution in [0.3, 0.4) is 0 Å². The van der Waals surface area contributed by atoms with Crippen LogP contribution < -0.4 is 5.73 Å². The number of phenolic OH excluding ortho intramolecular Hbond substituents is 1. The van der Waals surface area contributed by atoms with E-state index in [2.05, 4.69) is 0 Å². The van der Waals surface area contributed by atoms with Crippen LogP contribution in [-0.4, -0.2) is 44.9 Å². The first-order chi connectivity index (χ1) is 16.6. The van der Waals surface area contributed by atoms with Crippen molar-refractivity contribution < 1.29 is 34.2 Å². The summed E-state index contributed by atoms with van der Waals surface area (Å²) in [6.45, 7) is 0. The zero-order chi connectivity index (χ0) is 25.1. The van der Waals surface area contributed by atoms with Crippen molar-refractivity contribution in [1.82, 2.24) is 0 Å². The predicted molar refractivity (Wildman–Crippen MR) is 122 cm³/mol. The minimum Gasteiger partial charge on any atom is -0.507 e. The van der Waals surface area contributed by atoms with Crippen molar-refractivity contribution in [1.29, 1.82) is 0 Å². The van der Waals surface area contributed by atoms with Crippen molar-refractivity contribution >= 4 is 29.0 Å². The van der Waals surface area contributed by atoms with Crippen LogP contribution in [0.1, 0.15) is 39.9 Å². The number of phenols is 1. The van der Waals surface area contributed by atoms with E-state index in [4.69, 9.17) is 5.73 Å². The molecule has 2 aromatic carbocycles. The second-order valence-electron chi connectivity index (χ2n) is 9.82. The lowest BCUT2D eigenvalue weighted by molar-refractivity contribution is -0.175. The maximum atomic E-state index is 13.6. The fourth-order valence-corrected chi connectivity index (χ4v) is 6.19. The summed E-state index contributed by atoms with van der Waals surface area (Å²) in [5, 5.41) is 21.8. The topological polar surface area (TPSA) is 152 Å². The largest absolute Gasteiger partial charge is 0.507 e.